The third-order valence-corrected chi connectivity index (χ3v) is 3.42. The number of alkyl halides is 3. The van der Waals surface area contributed by atoms with E-state index < -0.39 is 24.2 Å². The van der Waals surface area contributed by atoms with Crippen LogP contribution in [0.4, 0.5) is 13.2 Å². The summed E-state index contributed by atoms with van der Waals surface area (Å²) in [5, 5.41) is 11.4. The monoisotopic (exact) mass is 382 g/mol. The average Bonchev–Trinajstić information content (AvgIpc) is 3.16. The molecule has 0 aromatic carbocycles. The molecule has 0 saturated carbocycles. The summed E-state index contributed by atoms with van der Waals surface area (Å²) >= 11 is 0. The first-order chi connectivity index (χ1) is 12.7. The number of halogens is 3. The fraction of sp³-hybridized carbons (Fsp3) is 0.286. The number of nitrogens with zero attached hydrogens (tertiary/aromatic N) is 7. The van der Waals surface area contributed by atoms with E-state index in [1.807, 2.05) is 0 Å². The molecule has 0 fully saturated rings. The van der Waals surface area contributed by atoms with Crippen molar-refractivity contribution in [3.05, 3.63) is 40.8 Å². The van der Waals surface area contributed by atoms with Crippen molar-refractivity contribution < 1.29 is 18.0 Å². The summed E-state index contributed by atoms with van der Waals surface area (Å²) < 4.78 is 40.0. The summed E-state index contributed by atoms with van der Waals surface area (Å²) in [6.45, 7) is -1.56. The largest absolute Gasteiger partial charge is 0.408 e. The standard InChI is InChI=1S/C14H13F3N8O2/c1-23-12-10(5-20-23)13(27)24(8-18-12)6-11(26)21-19-4-9-2-3-25(22-9)7-14(15,16)17/h2-5,8H,6-7H2,1H3,(H,21,26). The fourth-order valence-corrected chi connectivity index (χ4v) is 2.26. The lowest BCUT2D eigenvalue weighted by atomic mass is 10.4. The zero-order valence-electron chi connectivity index (χ0n) is 13.9. The normalized spacial score (nSPS) is 12.1. The van der Waals surface area contributed by atoms with Gasteiger partial charge >= 0.3 is 6.18 Å². The van der Waals surface area contributed by atoms with E-state index in [2.05, 4.69) is 25.7 Å². The SMILES string of the molecule is Cn1ncc2c(=O)n(CC(=O)NN=Cc3ccn(CC(F)(F)F)n3)cnc21. The minimum absolute atomic E-state index is 0.134. The van der Waals surface area contributed by atoms with Crippen molar-refractivity contribution >= 4 is 23.2 Å². The lowest BCUT2D eigenvalue weighted by Crippen LogP contribution is -2.30. The van der Waals surface area contributed by atoms with E-state index in [1.165, 1.54) is 23.3 Å². The van der Waals surface area contributed by atoms with Crippen molar-refractivity contribution in [2.75, 3.05) is 0 Å². The Morgan fingerprint density at radius 2 is 2.19 bits per heavy atom. The summed E-state index contributed by atoms with van der Waals surface area (Å²) in [6.07, 6.45) is 0.426. The molecule has 0 bridgehead atoms. The number of aryl methyl sites for hydroxylation is 1. The summed E-state index contributed by atoms with van der Waals surface area (Å²) in [6, 6.07) is 1.31. The molecule has 0 aliphatic heterocycles. The van der Waals surface area contributed by atoms with Gasteiger partial charge in [0.2, 0.25) is 0 Å². The van der Waals surface area contributed by atoms with Crippen molar-refractivity contribution in [2.24, 2.45) is 12.1 Å². The first-order valence-electron chi connectivity index (χ1n) is 7.52. The Bertz CT molecular complexity index is 1060. The summed E-state index contributed by atoms with van der Waals surface area (Å²) in [5.41, 5.74) is 2.26. The van der Waals surface area contributed by atoms with Crippen molar-refractivity contribution in [3.63, 3.8) is 0 Å². The maximum absolute atomic E-state index is 12.3. The zero-order chi connectivity index (χ0) is 19.6. The van der Waals surface area contributed by atoms with Gasteiger partial charge in [-0.1, -0.05) is 0 Å². The van der Waals surface area contributed by atoms with Gasteiger partial charge in [-0.15, -0.1) is 0 Å². The molecular weight excluding hydrogens is 369 g/mol. The number of fused-ring (bicyclic) bond motifs is 1. The molecule has 0 unspecified atom stereocenters. The van der Waals surface area contributed by atoms with Crippen LogP contribution in [0.5, 0.6) is 0 Å². The molecule has 13 heteroatoms. The van der Waals surface area contributed by atoms with E-state index in [1.54, 1.807) is 7.05 Å². The Morgan fingerprint density at radius 1 is 1.41 bits per heavy atom. The number of nitrogens with one attached hydrogen (secondary N) is 1. The molecule has 0 atom stereocenters. The van der Waals surface area contributed by atoms with Crippen molar-refractivity contribution in [3.8, 4) is 0 Å². The van der Waals surface area contributed by atoms with Crippen LogP contribution < -0.4 is 11.0 Å². The van der Waals surface area contributed by atoms with Crippen LogP contribution in [-0.4, -0.2) is 47.4 Å². The number of hydrogen-bond donors (Lipinski definition) is 1. The number of carbonyl (C=O) groups is 1. The molecule has 3 aromatic heterocycles. The molecule has 0 aliphatic carbocycles. The van der Waals surface area contributed by atoms with Gasteiger partial charge in [-0.2, -0.15) is 28.5 Å². The van der Waals surface area contributed by atoms with Crippen molar-refractivity contribution in [1.82, 2.24) is 34.5 Å². The predicted octanol–water partition coefficient (Wildman–Crippen LogP) is 0.0391. The van der Waals surface area contributed by atoms with Gasteiger partial charge < -0.3 is 0 Å². The van der Waals surface area contributed by atoms with Crippen LogP contribution >= 0.6 is 0 Å². The zero-order valence-corrected chi connectivity index (χ0v) is 13.9. The number of rotatable bonds is 5. The second-order valence-electron chi connectivity index (χ2n) is 5.53. The maximum atomic E-state index is 12.3. The van der Waals surface area contributed by atoms with Crippen LogP contribution in [0, 0.1) is 0 Å². The Balaban J connectivity index is 1.61. The van der Waals surface area contributed by atoms with Gasteiger partial charge in [0.05, 0.1) is 12.4 Å². The Kier molecular flexibility index (Phi) is 4.75. The predicted molar refractivity (Wildman–Crippen MR) is 86.8 cm³/mol. The summed E-state index contributed by atoms with van der Waals surface area (Å²) in [4.78, 5) is 28.2. The van der Waals surface area contributed by atoms with E-state index in [0.717, 1.165) is 17.0 Å². The van der Waals surface area contributed by atoms with Crippen LogP contribution in [0.15, 0.2) is 34.7 Å². The molecule has 27 heavy (non-hydrogen) atoms. The van der Waals surface area contributed by atoms with Gasteiger partial charge in [0.25, 0.3) is 11.5 Å². The lowest BCUT2D eigenvalue weighted by Gasteiger charge is -2.05. The fourth-order valence-electron chi connectivity index (χ4n) is 2.26. The van der Waals surface area contributed by atoms with E-state index >= 15 is 0 Å². The molecule has 3 rings (SSSR count). The highest BCUT2D eigenvalue weighted by Gasteiger charge is 2.28. The first-order valence-corrected chi connectivity index (χ1v) is 7.52. The minimum atomic E-state index is -4.38. The number of hydrogen-bond acceptors (Lipinski definition) is 6. The van der Waals surface area contributed by atoms with Gasteiger partial charge in [-0.05, 0) is 6.07 Å². The van der Waals surface area contributed by atoms with Crippen LogP contribution in [-0.2, 0) is 24.9 Å². The highest BCUT2D eigenvalue weighted by molar-refractivity contribution is 5.81. The molecule has 0 aliphatic rings. The molecule has 0 spiro atoms. The highest BCUT2D eigenvalue weighted by atomic mass is 19.4. The van der Waals surface area contributed by atoms with E-state index in [4.69, 9.17) is 0 Å². The van der Waals surface area contributed by atoms with Crippen LogP contribution in [0.2, 0.25) is 0 Å². The lowest BCUT2D eigenvalue weighted by molar-refractivity contribution is -0.142. The number of aromatic nitrogens is 6. The Morgan fingerprint density at radius 3 is 2.93 bits per heavy atom. The molecule has 0 radical (unpaired) electrons. The minimum Gasteiger partial charge on any atom is -0.289 e. The first kappa shape index (κ1) is 18.3. The molecule has 3 aromatic rings. The van der Waals surface area contributed by atoms with Gasteiger partial charge in [-0.25, -0.2) is 10.4 Å². The number of hydrazone groups is 1. The van der Waals surface area contributed by atoms with Gasteiger partial charge in [0.15, 0.2) is 5.65 Å². The van der Waals surface area contributed by atoms with E-state index in [9.17, 15) is 22.8 Å². The quantitative estimate of drug-likeness (QED) is 0.495. The molecule has 10 nitrogen and oxygen atoms in total. The molecule has 1 amide bonds. The van der Waals surface area contributed by atoms with Gasteiger partial charge in [0.1, 0.15) is 30.5 Å². The van der Waals surface area contributed by atoms with E-state index in [0.29, 0.717) is 10.3 Å². The third-order valence-electron chi connectivity index (χ3n) is 3.42. The average molecular weight is 382 g/mol. The molecule has 142 valence electrons. The van der Waals surface area contributed by atoms with Gasteiger partial charge in [0, 0.05) is 13.2 Å². The van der Waals surface area contributed by atoms with Crippen LogP contribution in [0.25, 0.3) is 11.0 Å². The molecular formula is C14H13F3N8O2. The Hall–Kier alpha value is -3.51. The molecule has 1 N–H and O–H groups in total. The number of amides is 1. The molecule has 3 heterocycles. The third kappa shape index (κ3) is 4.37. The van der Waals surface area contributed by atoms with Crippen LogP contribution in [0.3, 0.4) is 0 Å². The van der Waals surface area contributed by atoms with Crippen LogP contribution in [0.1, 0.15) is 5.69 Å². The second kappa shape index (κ2) is 7.01. The van der Waals surface area contributed by atoms with Gasteiger partial charge in [-0.3, -0.25) is 23.5 Å². The van der Waals surface area contributed by atoms with Crippen molar-refractivity contribution in [1.29, 1.82) is 0 Å². The maximum Gasteiger partial charge on any atom is 0.408 e. The summed E-state index contributed by atoms with van der Waals surface area (Å²) in [7, 11) is 1.64. The Labute approximate surface area is 148 Å². The van der Waals surface area contributed by atoms with Crippen molar-refractivity contribution in [2.45, 2.75) is 19.3 Å². The number of carbonyl (C=O) groups excluding carboxylic acids is 1. The van der Waals surface area contributed by atoms with E-state index in [-0.39, 0.29) is 17.6 Å². The second-order valence-corrected chi connectivity index (χ2v) is 5.53. The highest BCUT2D eigenvalue weighted by Crippen LogP contribution is 2.16. The molecule has 0 saturated heterocycles. The smallest absolute Gasteiger partial charge is 0.289 e. The topological polar surface area (TPSA) is 112 Å². The summed E-state index contributed by atoms with van der Waals surface area (Å²) in [5.74, 6) is -0.617.